The van der Waals surface area contributed by atoms with Crippen LogP contribution in [0.25, 0.3) is 10.2 Å². The van der Waals surface area contributed by atoms with Gasteiger partial charge in [0.2, 0.25) is 0 Å². The molecule has 0 saturated heterocycles. The summed E-state index contributed by atoms with van der Waals surface area (Å²) in [6.07, 6.45) is 1.89. The SMILES string of the molecule is CO[Si](CCCc1nc2ccccc2s1)(OC)OC.SSSS. The summed E-state index contributed by atoms with van der Waals surface area (Å²) in [7, 11) is 5.18. The summed E-state index contributed by atoms with van der Waals surface area (Å²) in [5.41, 5.74) is 1.08. The second-order valence-corrected chi connectivity index (χ2v) is 12.5. The Kier molecular flexibility index (Phi) is 11.3. The summed E-state index contributed by atoms with van der Waals surface area (Å²) in [6, 6.07) is 9.03. The number of fused-ring (bicyclic) bond motifs is 1. The number of hydrogen-bond donors (Lipinski definition) is 2. The maximum absolute atomic E-state index is 5.41. The fourth-order valence-electron chi connectivity index (χ4n) is 2.04. The zero-order valence-corrected chi connectivity index (χ0v) is 18.5. The van der Waals surface area contributed by atoms with Crippen molar-refractivity contribution >= 4 is 73.3 Å². The van der Waals surface area contributed by atoms with Gasteiger partial charge in [0, 0.05) is 27.4 Å². The Morgan fingerprint density at radius 2 is 1.70 bits per heavy atom. The van der Waals surface area contributed by atoms with Crippen molar-refractivity contribution in [2.24, 2.45) is 0 Å². The predicted octanol–water partition coefficient (Wildman–Crippen LogP) is 5.16. The summed E-state index contributed by atoms with van der Waals surface area (Å²) in [5.74, 6) is 0. The van der Waals surface area contributed by atoms with Crippen molar-refractivity contribution in [2.45, 2.75) is 18.9 Å². The standard InChI is InChI=1S/C13H19NO3SSi.H2S4/c1-15-19(16-2,17-3)10-6-9-13-14-11-7-4-5-8-12(11)18-13;1-3-4-2/h4-5,7-8H,6,9-10H2,1-3H3;1-2H. The van der Waals surface area contributed by atoms with Gasteiger partial charge in [-0.3, -0.25) is 0 Å². The molecular formula is C13H21NO3S5Si. The molecule has 2 rings (SSSR count). The van der Waals surface area contributed by atoms with Gasteiger partial charge in [0.1, 0.15) is 0 Å². The molecule has 0 fully saturated rings. The second-order valence-electron chi connectivity index (χ2n) is 4.37. The molecule has 1 aromatic heterocycles. The Balaban J connectivity index is 0.000000593. The number of thiazole rings is 1. The highest BCUT2D eigenvalue weighted by molar-refractivity contribution is 9.21. The van der Waals surface area contributed by atoms with E-state index in [2.05, 4.69) is 34.4 Å². The van der Waals surface area contributed by atoms with Crippen LogP contribution in [0.5, 0.6) is 0 Å². The lowest BCUT2D eigenvalue weighted by Gasteiger charge is -2.23. The van der Waals surface area contributed by atoms with Gasteiger partial charge >= 0.3 is 8.80 Å². The molecule has 0 amide bonds. The highest BCUT2D eigenvalue weighted by Crippen LogP contribution is 2.27. The first-order chi connectivity index (χ1) is 11.1. The largest absolute Gasteiger partial charge is 0.500 e. The molecule has 23 heavy (non-hydrogen) atoms. The van der Waals surface area contributed by atoms with Crippen LogP contribution >= 0.6 is 54.3 Å². The van der Waals surface area contributed by atoms with E-state index in [1.807, 2.05) is 18.2 Å². The van der Waals surface area contributed by atoms with Crippen LogP contribution < -0.4 is 0 Å². The maximum Gasteiger partial charge on any atom is 0.500 e. The molecule has 0 aliphatic heterocycles. The predicted molar refractivity (Wildman–Crippen MR) is 113 cm³/mol. The van der Waals surface area contributed by atoms with Gasteiger partial charge in [-0.2, -0.15) is 0 Å². The van der Waals surface area contributed by atoms with E-state index in [0.717, 1.165) is 29.4 Å². The minimum absolute atomic E-state index is 0.812. The number of aromatic nitrogens is 1. The van der Waals surface area contributed by atoms with Gasteiger partial charge in [0.15, 0.2) is 0 Å². The van der Waals surface area contributed by atoms with E-state index in [-0.39, 0.29) is 0 Å². The van der Waals surface area contributed by atoms with Crippen LogP contribution in [-0.4, -0.2) is 35.1 Å². The van der Waals surface area contributed by atoms with Crippen LogP contribution in [0, 0.1) is 0 Å². The minimum Gasteiger partial charge on any atom is -0.377 e. The molecule has 0 N–H and O–H groups in total. The zero-order valence-electron chi connectivity index (χ0n) is 13.2. The number of hydrogen-bond acceptors (Lipinski definition) is 9. The minimum atomic E-state index is -2.43. The fourth-order valence-corrected chi connectivity index (χ4v) is 4.77. The van der Waals surface area contributed by atoms with Crippen molar-refractivity contribution < 1.29 is 13.3 Å². The van der Waals surface area contributed by atoms with Crippen molar-refractivity contribution in [1.29, 1.82) is 0 Å². The Morgan fingerprint density at radius 3 is 2.22 bits per heavy atom. The van der Waals surface area contributed by atoms with E-state index < -0.39 is 8.80 Å². The van der Waals surface area contributed by atoms with Gasteiger partial charge in [0.25, 0.3) is 0 Å². The molecule has 0 aliphatic carbocycles. The summed E-state index contributed by atoms with van der Waals surface area (Å²) in [4.78, 5) is 4.62. The molecule has 1 aromatic carbocycles. The lowest BCUT2D eigenvalue weighted by atomic mass is 10.3. The molecule has 1 heterocycles. The highest BCUT2D eigenvalue weighted by Gasteiger charge is 2.36. The smallest absolute Gasteiger partial charge is 0.377 e. The van der Waals surface area contributed by atoms with Crippen molar-refractivity contribution in [2.75, 3.05) is 21.3 Å². The van der Waals surface area contributed by atoms with Crippen molar-refractivity contribution in [3.05, 3.63) is 29.3 Å². The lowest BCUT2D eigenvalue weighted by molar-refractivity contribution is 0.123. The third-order valence-corrected chi connectivity index (χ3v) is 9.77. The first-order valence-corrected chi connectivity index (χ1v) is 13.8. The first kappa shape index (κ1) is 21.6. The Morgan fingerprint density at radius 1 is 1.09 bits per heavy atom. The topological polar surface area (TPSA) is 40.6 Å². The van der Waals surface area contributed by atoms with Crippen LogP contribution in [0.3, 0.4) is 0 Å². The third-order valence-electron chi connectivity index (χ3n) is 3.18. The monoisotopic (exact) mass is 427 g/mol. The fraction of sp³-hybridized carbons (Fsp3) is 0.462. The van der Waals surface area contributed by atoms with E-state index in [4.69, 9.17) is 13.3 Å². The first-order valence-electron chi connectivity index (χ1n) is 6.76. The summed E-state index contributed by atoms with van der Waals surface area (Å²) in [5, 5.41) is 1.16. The number of thiol groups is 2. The normalized spacial score (nSPS) is 11.3. The summed E-state index contributed by atoms with van der Waals surface area (Å²) < 4.78 is 17.5. The summed E-state index contributed by atoms with van der Waals surface area (Å²) in [6.45, 7) is 0. The quantitative estimate of drug-likeness (QED) is 0.344. The van der Waals surface area contributed by atoms with Gasteiger partial charge in [-0.05, 0) is 44.6 Å². The van der Waals surface area contributed by atoms with Crippen LogP contribution in [0.15, 0.2) is 24.3 Å². The van der Waals surface area contributed by atoms with Gasteiger partial charge in [-0.25, -0.2) is 4.98 Å². The van der Waals surface area contributed by atoms with Crippen molar-refractivity contribution in [3.8, 4) is 0 Å². The molecular weight excluding hydrogens is 407 g/mol. The Hall–Kier alpha value is 0.607. The van der Waals surface area contributed by atoms with E-state index in [1.165, 1.54) is 24.4 Å². The van der Waals surface area contributed by atoms with Crippen molar-refractivity contribution in [3.63, 3.8) is 0 Å². The molecule has 0 atom stereocenters. The summed E-state index contributed by atoms with van der Waals surface area (Å²) >= 11 is 9.20. The van der Waals surface area contributed by atoms with Crippen LogP contribution in [-0.2, 0) is 19.7 Å². The maximum atomic E-state index is 5.41. The lowest BCUT2D eigenvalue weighted by Crippen LogP contribution is -2.42. The number of rotatable bonds is 8. The van der Waals surface area contributed by atoms with Crippen LogP contribution in [0.1, 0.15) is 11.4 Å². The Bertz CT molecular complexity index is 524. The molecule has 2 aromatic rings. The molecule has 0 spiro atoms. The molecule has 130 valence electrons. The average molecular weight is 428 g/mol. The molecule has 0 aliphatic rings. The van der Waals surface area contributed by atoms with Crippen molar-refractivity contribution in [1.82, 2.24) is 4.98 Å². The second kappa shape index (κ2) is 12.0. The van der Waals surface area contributed by atoms with Gasteiger partial charge in [-0.15, -0.1) is 11.3 Å². The van der Waals surface area contributed by atoms with E-state index in [9.17, 15) is 0 Å². The molecule has 0 radical (unpaired) electrons. The number of nitrogens with zero attached hydrogens (tertiary/aromatic N) is 1. The molecule has 4 nitrogen and oxygen atoms in total. The van der Waals surface area contributed by atoms with E-state index in [0.29, 0.717) is 0 Å². The number of benzene rings is 1. The molecule has 0 bridgehead atoms. The van der Waals surface area contributed by atoms with E-state index in [1.54, 1.807) is 32.7 Å². The number of para-hydroxylation sites is 1. The highest BCUT2D eigenvalue weighted by atomic mass is 33.7. The van der Waals surface area contributed by atoms with Crippen LogP contribution in [0.2, 0.25) is 6.04 Å². The van der Waals surface area contributed by atoms with Gasteiger partial charge in [-0.1, -0.05) is 35.5 Å². The average Bonchev–Trinajstić information content (AvgIpc) is 3.02. The zero-order chi connectivity index (χ0) is 17.1. The number of aryl methyl sites for hydroxylation is 1. The Labute approximate surface area is 160 Å². The molecule has 10 heteroatoms. The molecule has 0 unspecified atom stereocenters. The molecule has 0 saturated carbocycles. The van der Waals surface area contributed by atoms with Crippen LogP contribution in [0.4, 0.5) is 0 Å². The van der Waals surface area contributed by atoms with E-state index >= 15 is 0 Å². The van der Waals surface area contributed by atoms with Gasteiger partial charge < -0.3 is 13.3 Å². The van der Waals surface area contributed by atoms with Gasteiger partial charge in [0.05, 0.1) is 15.2 Å². The third kappa shape index (κ3) is 7.16.